The standard InChI is InChI=1S/C17H17N5O2/c1-3-12-6-4-7-13(10-12)19-16(23)17(24)22-9-5-8-14(22)15-20-18-11-21(15)2/h1,4,6-7,10-11,14H,5,8-9H2,2H3,(H,19,23). The van der Waals surface area contributed by atoms with Crippen molar-refractivity contribution in [1.82, 2.24) is 19.7 Å². The highest BCUT2D eigenvalue weighted by molar-refractivity contribution is 6.39. The fourth-order valence-corrected chi connectivity index (χ4v) is 2.87. The van der Waals surface area contributed by atoms with Crippen LogP contribution in [0.5, 0.6) is 0 Å². The molecule has 1 fully saturated rings. The minimum atomic E-state index is -0.682. The Labute approximate surface area is 139 Å². The molecule has 1 aromatic carbocycles. The maximum Gasteiger partial charge on any atom is 0.313 e. The van der Waals surface area contributed by atoms with Crippen molar-refractivity contribution in [1.29, 1.82) is 0 Å². The first kappa shape index (κ1) is 15.7. The maximum absolute atomic E-state index is 12.5. The molecule has 1 saturated heterocycles. The minimum Gasteiger partial charge on any atom is -0.324 e. The number of aromatic nitrogens is 3. The van der Waals surface area contributed by atoms with Crippen LogP contribution in [0.4, 0.5) is 5.69 Å². The first-order valence-corrected chi connectivity index (χ1v) is 7.62. The summed E-state index contributed by atoms with van der Waals surface area (Å²) in [5, 5.41) is 10.5. The number of benzene rings is 1. The number of terminal acetylenes is 1. The van der Waals surface area contributed by atoms with Gasteiger partial charge in [-0.3, -0.25) is 9.59 Å². The number of likely N-dealkylation sites (tertiary alicyclic amines) is 1. The van der Waals surface area contributed by atoms with Crippen molar-refractivity contribution in [2.24, 2.45) is 7.05 Å². The highest BCUT2D eigenvalue weighted by Gasteiger charge is 2.35. The van der Waals surface area contributed by atoms with Crippen LogP contribution < -0.4 is 5.32 Å². The first-order valence-electron chi connectivity index (χ1n) is 7.62. The molecule has 2 heterocycles. The zero-order valence-corrected chi connectivity index (χ0v) is 13.3. The van der Waals surface area contributed by atoms with Crippen molar-refractivity contribution in [2.75, 3.05) is 11.9 Å². The quantitative estimate of drug-likeness (QED) is 0.663. The number of hydrogen-bond acceptors (Lipinski definition) is 4. The lowest BCUT2D eigenvalue weighted by molar-refractivity contribution is -0.143. The third-order valence-electron chi connectivity index (χ3n) is 4.04. The molecule has 24 heavy (non-hydrogen) atoms. The molecule has 2 amide bonds. The Bertz CT molecular complexity index is 820. The van der Waals surface area contributed by atoms with Crippen LogP contribution in [0.3, 0.4) is 0 Å². The van der Waals surface area contributed by atoms with E-state index >= 15 is 0 Å². The molecule has 1 unspecified atom stereocenters. The van der Waals surface area contributed by atoms with E-state index in [1.807, 2.05) is 7.05 Å². The van der Waals surface area contributed by atoms with Crippen LogP contribution in [0.1, 0.15) is 30.3 Å². The van der Waals surface area contributed by atoms with Gasteiger partial charge >= 0.3 is 11.8 Å². The summed E-state index contributed by atoms with van der Waals surface area (Å²) in [6.45, 7) is 0.522. The van der Waals surface area contributed by atoms with Gasteiger partial charge in [0.1, 0.15) is 6.33 Å². The molecule has 122 valence electrons. The van der Waals surface area contributed by atoms with E-state index < -0.39 is 11.8 Å². The zero-order chi connectivity index (χ0) is 17.1. The number of carbonyl (C=O) groups excluding carboxylic acids is 2. The summed E-state index contributed by atoms with van der Waals surface area (Å²) in [4.78, 5) is 26.4. The van der Waals surface area contributed by atoms with E-state index in [1.165, 1.54) is 0 Å². The van der Waals surface area contributed by atoms with Gasteiger partial charge in [0.25, 0.3) is 0 Å². The summed E-state index contributed by atoms with van der Waals surface area (Å²) in [5.74, 6) is 1.92. The average molecular weight is 323 g/mol. The molecule has 2 aromatic rings. The van der Waals surface area contributed by atoms with Gasteiger partial charge < -0.3 is 14.8 Å². The Hall–Kier alpha value is -3.14. The molecular formula is C17H17N5O2. The number of anilines is 1. The van der Waals surface area contributed by atoms with Crippen LogP contribution in [-0.2, 0) is 16.6 Å². The van der Waals surface area contributed by atoms with Crippen molar-refractivity contribution in [3.8, 4) is 12.3 Å². The smallest absolute Gasteiger partial charge is 0.313 e. The Morgan fingerprint density at radius 1 is 1.42 bits per heavy atom. The molecule has 1 atom stereocenters. The summed E-state index contributed by atoms with van der Waals surface area (Å²) in [6, 6.07) is 6.59. The van der Waals surface area contributed by atoms with Gasteiger partial charge in [-0.25, -0.2) is 0 Å². The molecule has 1 N–H and O–H groups in total. The maximum atomic E-state index is 12.5. The van der Waals surface area contributed by atoms with E-state index in [4.69, 9.17) is 6.42 Å². The lowest BCUT2D eigenvalue weighted by Crippen LogP contribution is -2.39. The Morgan fingerprint density at radius 2 is 2.25 bits per heavy atom. The van der Waals surface area contributed by atoms with Gasteiger partial charge in [0.05, 0.1) is 6.04 Å². The van der Waals surface area contributed by atoms with Crippen LogP contribution in [0.2, 0.25) is 0 Å². The number of nitrogens with one attached hydrogen (secondary N) is 1. The lowest BCUT2D eigenvalue weighted by Gasteiger charge is -2.23. The molecule has 1 aliphatic heterocycles. The van der Waals surface area contributed by atoms with Gasteiger partial charge in [0, 0.05) is 24.8 Å². The Balaban J connectivity index is 1.74. The van der Waals surface area contributed by atoms with Crippen molar-refractivity contribution in [2.45, 2.75) is 18.9 Å². The number of aryl methyl sites for hydroxylation is 1. The monoisotopic (exact) mass is 323 g/mol. The minimum absolute atomic E-state index is 0.229. The van der Waals surface area contributed by atoms with Crippen molar-refractivity contribution in [3.05, 3.63) is 42.0 Å². The third-order valence-corrected chi connectivity index (χ3v) is 4.04. The fourth-order valence-electron chi connectivity index (χ4n) is 2.87. The highest BCUT2D eigenvalue weighted by atomic mass is 16.2. The number of carbonyl (C=O) groups is 2. The van der Waals surface area contributed by atoms with Gasteiger partial charge in [-0.15, -0.1) is 16.6 Å². The number of rotatable bonds is 2. The third kappa shape index (κ3) is 2.99. The molecule has 1 aromatic heterocycles. The molecule has 7 nitrogen and oxygen atoms in total. The molecule has 0 bridgehead atoms. The number of amides is 2. The number of nitrogens with zero attached hydrogens (tertiary/aromatic N) is 4. The molecule has 7 heteroatoms. The molecule has 0 spiro atoms. The molecule has 0 saturated carbocycles. The molecular weight excluding hydrogens is 306 g/mol. The van der Waals surface area contributed by atoms with Gasteiger partial charge in [0.15, 0.2) is 5.82 Å². The van der Waals surface area contributed by atoms with Crippen LogP contribution in [0, 0.1) is 12.3 Å². The lowest BCUT2D eigenvalue weighted by atomic mass is 10.2. The molecule has 3 rings (SSSR count). The largest absolute Gasteiger partial charge is 0.324 e. The summed E-state index contributed by atoms with van der Waals surface area (Å²) in [5.41, 5.74) is 1.14. The molecule has 1 aliphatic rings. The normalized spacial score (nSPS) is 16.7. The topological polar surface area (TPSA) is 80.1 Å². The van der Waals surface area contributed by atoms with E-state index in [2.05, 4.69) is 21.4 Å². The Morgan fingerprint density at radius 3 is 2.96 bits per heavy atom. The van der Waals surface area contributed by atoms with Crippen LogP contribution in [0.15, 0.2) is 30.6 Å². The predicted octanol–water partition coefficient (Wildman–Crippen LogP) is 1.10. The summed E-state index contributed by atoms with van der Waals surface area (Å²) in [7, 11) is 1.82. The highest BCUT2D eigenvalue weighted by Crippen LogP contribution is 2.30. The van der Waals surface area contributed by atoms with Gasteiger partial charge in [-0.2, -0.15) is 0 Å². The van der Waals surface area contributed by atoms with Crippen LogP contribution in [-0.4, -0.2) is 38.0 Å². The van der Waals surface area contributed by atoms with Crippen molar-refractivity contribution < 1.29 is 9.59 Å². The second kappa shape index (κ2) is 6.54. The predicted molar refractivity (Wildman–Crippen MR) is 87.7 cm³/mol. The van der Waals surface area contributed by atoms with Crippen LogP contribution >= 0.6 is 0 Å². The zero-order valence-electron chi connectivity index (χ0n) is 13.3. The van der Waals surface area contributed by atoms with E-state index in [-0.39, 0.29) is 6.04 Å². The van der Waals surface area contributed by atoms with E-state index in [9.17, 15) is 9.59 Å². The Kier molecular flexibility index (Phi) is 4.29. The SMILES string of the molecule is C#Cc1cccc(NC(=O)C(=O)N2CCCC2c2nncn2C)c1. The second-order valence-electron chi connectivity index (χ2n) is 5.64. The fraction of sp³-hybridized carbons (Fsp3) is 0.294. The van der Waals surface area contributed by atoms with E-state index in [0.29, 0.717) is 23.6 Å². The van der Waals surface area contributed by atoms with E-state index in [0.717, 1.165) is 12.8 Å². The summed E-state index contributed by atoms with van der Waals surface area (Å²) >= 11 is 0. The summed E-state index contributed by atoms with van der Waals surface area (Å²) in [6.07, 6.45) is 8.51. The van der Waals surface area contributed by atoms with Gasteiger partial charge in [-0.05, 0) is 31.0 Å². The number of hydrogen-bond donors (Lipinski definition) is 1. The van der Waals surface area contributed by atoms with Gasteiger partial charge in [-0.1, -0.05) is 12.0 Å². The second-order valence-corrected chi connectivity index (χ2v) is 5.64. The van der Waals surface area contributed by atoms with Crippen molar-refractivity contribution >= 4 is 17.5 Å². The van der Waals surface area contributed by atoms with E-state index in [1.54, 1.807) is 40.1 Å². The average Bonchev–Trinajstić information content (AvgIpc) is 3.22. The summed E-state index contributed by atoms with van der Waals surface area (Å²) < 4.78 is 1.77. The molecule has 0 radical (unpaired) electrons. The first-order chi connectivity index (χ1) is 11.6. The van der Waals surface area contributed by atoms with Crippen LogP contribution in [0.25, 0.3) is 0 Å². The molecule has 0 aliphatic carbocycles. The van der Waals surface area contributed by atoms with Crippen molar-refractivity contribution in [3.63, 3.8) is 0 Å². The van der Waals surface area contributed by atoms with Gasteiger partial charge in [0.2, 0.25) is 0 Å².